The Labute approximate surface area is 134 Å². The summed E-state index contributed by atoms with van der Waals surface area (Å²) in [5.41, 5.74) is 7.10. The van der Waals surface area contributed by atoms with Crippen molar-refractivity contribution in [2.24, 2.45) is 17.8 Å². The third-order valence-electron chi connectivity index (χ3n) is 3.98. The van der Waals surface area contributed by atoms with Gasteiger partial charge in [0.25, 0.3) is 0 Å². The van der Waals surface area contributed by atoms with E-state index in [0.29, 0.717) is 12.5 Å². The SMILES string of the molecule is Cn1cnnc1CN=C(N)N1CCN(c2ccc(F)cc2)CC1. The number of nitrogens with zero attached hydrogens (tertiary/aromatic N) is 6. The number of guanidine groups is 1. The predicted molar refractivity (Wildman–Crippen MR) is 86.5 cm³/mol. The molecule has 2 heterocycles. The molecule has 1 aliphatic rings. The number of halogens is 1. The van der Waals surface area contributed by atoms with Crippen LogP contribution < -0.4 is 10.6 Å². The summed E-state index contributed by atoms with van der Waals surface area (Å²) in [5.74, 6) is 1.08. The standard InChI is InChI=1S/C15H20FN7/c1-21-11-19-20-14(21)10-18-15(17)23-8-6-22(7-9-23)13-4-2-12(16)3-5-13/h2-5,11H,6-10H2,1H3,(H2,17,18). The van der Waals surface area contributed by atoms with Gasteiger partial charge in [0.2, 0.25) is 0 Å². The molecule has 3 rings (SSSR count). The molecule has 2 aromatic rings. The molecule has 7 nitrogen and oxygen atoms in total. The first kappa shape index (κ1) is 15.3. The highest BCUT2D eigenvalue weighted by atomic mass is 19.1. The van der Waals surface area contributed by atoms with Gasteiger partial charge in [0.15, 0.2) is 11.8 Å². The summed E-state index contributed by atoms with van der Waals surface area (Å²) >= 11 is 0. The number of anilines is 1. The second-order valence-electron chi connectivity index (χ2n) is 5.48. The lowest BCUT2D eigenvalue weighted by molar-refractivity contribution is 0.380. The van der Waals surface area contributed by atoms with Crippen LogP contribution >= 0.6 is 0 Å². The Kier molecular flexibility index (Phi) is 4.40. The Morgan fingerprint density at radius 2 is 1.91 bits per heavy atom. The van der Waals surface area contributed by atoms with Crippen molar-refractivity contribution in [3.63, 3.8) is 0 Å². The Morgan fingerprint density at radius 1 is 1.22 bits per heavy atom. The maximum absolute atomic E-state index is 13.0. The molecule has 0 spiro atoms. The summed E-state index contributed by atoms with van der Waals surface area (Å²) in [6.07, 6.45) is 1.64. The lowest BCUT2D eigenvalue weighted by Gasteiger charge is -2.36. The highest BCUT2D eigenvalue weighted by Crippen LogP contribution is 2.16. The van der Waals surface area contributed by atoms with Crippen LogP contribution in [0.2, 0.25) is 0 Å². The highest BCUT2D eigenvalue weighted by molar-refractivity contribution is 5.78. The van der Waals surface area contributed by atoms with Crippen molar-refractivity contribution in [2.75, 3.05) is 31.1 Å². The minimum atomic E-state index is -0.215. The van der Waals surface area contributed by atoms with Gasteiger partial charge in [-0.25, -0.2) is 9.38 Å². The number of aliphatic imine (C=N–C) groups is 1. The molecule has 0 radical (unpaired) electrons. The summed E-state index contributed by atoms with van der Waals surface area (Å²) in [5, 5.41) is 7.80. The molecule has 0 amide bonds. The van der Waals surface area contributed by atoms with Crippen LogP contribution in [0.4, 0.5) is 10.1 Å². The highest BCUT2D eigenvalue weighted by Gasteiger charge is 2.18. The zero-order chi connectivity index (χ0) is 16.2. The molecule has 0 aliphatic carbocycles. The topological polar surface area (TPSA) is 75.6 Å². The number of hydrogen-bond acceptors (Lipinski definition) is 4. The first-order valence-electron chi connectivity index (χ1n) is 7.52. The minimum Gasteiger partial charge on any atom is -0.370 e. The first-order valence-corrected chi connectivity index (χ1v) is 7.52. The predicted octanol–water partition coefficient (Wildman–Crippen LogP) is 0.591. The largest absolute Gasteiger partial charge is 0.370 e. The molecule has 1 aromatic carbocycles. The van der Waals surface area contributed by atoms with E-state index in [2.05, 4.69) is 25.0 Å². The van der Waals surface area contributed by atoms with Crippen LogP contribution in [0.5, 0.6) is 0 Å². The average molecular weight is 317 g/mol. The van der Waals surface area contributed by atoms with Gasteiger partial charge in [-0.15, -0.1) is 10.2 Å². The monoisotopic (exact) mass is 317 g/mol. The number of aromatic nitrogens is 3. The first-order chi connectivity index (χ1) is 11.1. The van der Waals surface area contributed by atoms with Crippen LogP contribution in [-0.2, 0) is 13.6 Å². The molecule has 0 unspecified atom stereocenters. The van der Waals surface area contributed by atoms with Crippen molar-refractivity contribution in [3.8, 4) is 0 Å². The zero-order valence-electron chi connectivity index (χ0n) is 13.1. The molecule has 0 atom stereocenters. The van der Waals surface area contributed by atoms with Gasteiger partial charge in [-0.1, -0.05) is 0 Å². The van der Waals surface area contributed by atoms with Crippen molar-refractivity contribution < 1.29 is 4.39 Å². The summed E-state index contributed by atoms with van der Waals surface area (Å²) in [6, 6.07) is 6.57. The molecule has 122 valence electrons. The van der Waals surface area contributed by atoms with E-state index in [-0.39, 0.29) is 5.82 Å². The molecule has 0 bridgehead atoms. The molecule has 1 fully saturated rings. The Hall–Kier alpha value is -2.64. The summed E-state index contributed by atoms with van der Waals surface area (Å²) in [4.78, 5) is 8.66. The van der Waals surface area contributed by atoms with Crippen LogP contribution in [0.25, 0.3) is 0 Å². The number of piperazine rings is 1. The van der Waals surface area contributed by atoms with Gasteiger partial charge >= 0.3 is 0 Å². The van der Waals surface area contributed by atoms with Gasteiger partial charge in [-0.05, 0) is 24.3 Å². The van der Waals surface area contributed by atoms with E-state index in [1.54, 1.807) is 18.5 Å². The van der Waals surface area contributed by atoms with Crippen molar-refractivity contribution in [3.05, 3.63) is 42.2 Å². The van der Waals surface area contributed by atoms with Gasteiger partial charge in [0.1, 0.15) is 18.7 Å². The normalized spacial score (nSPS) is 16.0. The van der Waals surface area contributed by atoms with Gasteiger partial charge in [0.05, 0.1) is 0 Å². The van der Waals surface area contributed by atoms with E-state index in [1.807, 2.05) is 11.6 Å². The maximum Gasteiger partial charge on any atom is 0.191 e. The van der Waals surface area contributed by atoms with E-state index in [1.165, 1.54) is 12.1 Å². The second kappa shape index (κ2) is 6.64. The van der Waals surface area contributed by atoms with Gasteiger partial charge in [-0.3, -0.25) is 0 Å². The number of benzene rings is 1. The molecule has 23 heavy (non-hydrogen) atoms. The smallest absolute Gasteiger partial charge is 0.191 e. The zero-order valence-corrected chi connectivity index (χ0v) is 13.1. The van der Waals surface area contributed by atoms with Crippen LogP contribution in [0, 0.1) is 5.82 Å². The quantitative estimate of drug-likeness (QED) is 0.662. The number of aryl methyl sites for hydroxylation is 1. The molecule has 2 N–H and O–H groups in total. The van der Waals surface area contributed by atoms with Crippen LogP contribution in [-0.4, -0.2) is 51.8 Å². The minimum absolute atomic E-state index is 0.215. The lowest BCUT2D eigenvalue weighted by Crippen LogP contribution is -2.51. The van der Waals surface area contributed by atoms with Gasteiger partial charge < -0.3 is 20.1 Å². The number of nitrogens with two attached hydrogens (primary N) is 1. The van der Waals surface area contributed by atoms with Crippen LogP contribution in [0.15, 0.2) is 35.6 Å². The fraction of sp³-hybridized carbons (Fsp3) is 0.400. The fourth-order valence-electron chi connectivity index (χ4n) is 2.55. The maximum atomic E-state index is 13.0. The third-order valence-corrected chi connectivity index (χ3v) is 3.98. The molecular weight excluding hydrogens is 297 g/mol. The average Bonchev–Trinajstić information content (AvgIpc) is 2.99. The van der Waals surface area contributed by atoms with Crippen molar-refractivity contribution in [1.82, 2.24) is 19.7 Å². The van der Waals surface area contributed by atoms with Crippen molar-refractivity contribution in [2.45, 2.75) is 6.54 Å². The third kappa shape index (κ3) is 3.58. The van der Waals surface area contributed by atoms with E-state index in [9.17, 15) is 4.39 Å². The molecule has 0 saturated carbocycles. The van der Waals surface area contributed by atoms with Crippen molar-refractivity contribution in [1.29, 1.82) is 0 Å². The molecule has 1 saturated heterocycles. The number of hydrogen-bond donors (Lipinski definition) is 1. The van der Waals surface area contributed by atoms with Crippen LogP contribution in [0.1, 0.15) is 5.82 Å². The fourth-order valence-corrected chi connectivity index (χ4v) is 2.55. The summed E-state index contributed by atoms with van der Waals surface area (Å²) < 4.78 is 14.8. The Balaban J connectivity index is 1.55. The summed E-state index contributed by atoms with van der Waals surface area (Å²) in [7, 11) is 1.88. The number of rotatable bonds is 3. The second-order valence-corrected chi connectivity index (χ2v) is 5.48. The lowest BCUT2D eigenvalue weighted by atomic mass is 10.2. The van der Waals surface area contributed by atoms with E-state index in [4.69, 9.17) is 5.73 Å². The Morgan fingerprint density at radius 3 is 2.52 bits per heavy atom. The van der Waals surface area contributed by atoms with Gasteiger partial charge in [0, 0.05) is 38.9 Å². The summed E-state index contributed by atoms with van der Waals surface area (Å²) in [6.45, 7) is 3.63. The van der Waals surface area contributed by atoms with Gasteiger partial charge in [-0.2, -0.15) is 0 Å². The van der Waals surface area contributed by atoms with E-state index < -0.39 is 0 Å². The van der Waals surface area contributed by atoms with Crippen molar-refractivity contribution >= 4 is 11.6 Å². The molecule has 8 heteroatoms. The van der Waals surface area contributed by atoms with Crippen LogP contribution in [0.3, 0.4) is 0 Å². The molecule has 1 aromatic heterocycles. The Bertz CT molecular complexity index is 671. The molecule has 1 aliphatic heterocycles. The molecular formula is C15H20FN7. The van der Waals surface area contributed by atoms with E-state index >= 15 is 0 Å². The van der Waals surface area contributed by atoms with E-state index in [0.717, 1.165) is 37.7 Å².